The van der Waals surface area contributed by atoms with Gasteiger partial charge in [0.25, 0.3) is 5.91 Å². The van der Waals surface area contributed by atoms with Gasteiger partial charge in [-0.3, -0.25) is 9.59 Å². The SMILES string of the molecule is COc1ccc(C(=O)N[C@@H](CO)c2nnc(SCC(=O)Nc3cccc(C(F)(F)F)c3)n2C)cc1. The van der Waals surface area contributed by atoms with E-state index in [9.17, 15) is 27.9 Å². The average molecular weight is 510 g/mol. The maximum atomic E-state index is 12.8. The van der Waals surface area contributed by atoms with Crippen LogP contribution in [0.1, 0.15) is 27.8 Å². The van der Waals surface area contributed by atoms with Crippen molar-refractivity contribution in [3.8, 4) is 5.75 Å². The van der Waals surface area contributed by atoms with Crippen LogP contribution in [-0.4, -0.2) is 51.2 Å². The number of alkyl halides is 3. The third-order valence-electron chi connectivity index (χ3n) is 4.83. The van der Waals surface area contributed by atoms with Crippen LogP contribution in [0.5, 0.6) is 5.75 Å². The Morgan fingerprint density at radius 1 is 1.17 bits per heavy atom. The van der Waals surface area contributed by atoms with Crippen molar-refractivity contribution in [3.05, 3.63) is 65.5 Å². The van der Waals surface area contributed by atoms with E-state index in [0.29, 0.717) is 16.5 Å². The van der Waals surface area contributed by atoms with Gasteiger partial charge >= 0.3 is 6.18 Å². The van der Waals surface area contributed by atoms with E-state index in [4.69, 9.17) is 4.74 Å². The topological polar surface area (TPSA) is 118 Å². The summed E-state index contributed by atoms with van der Waals surface area (Å²) in [5.41, 5.74) is -0.495. The van der Waals surface area contributed by atoms with Crippen molar-refractivity contribution in [3.63, 3.8) is 0 Å². The fourth-order valence-corrected chi connectivity index (χ4v) is 3.75. The average Bonchev–Trinajstić information content (AvgIpc) is 3.20. The Labute approximate surface area is 202 Å². The highest BCUT2D eigenvalue weighted by Crippen LogP contribution is 2.30. The quantitative estimate of drug-likeness (QED) is 0.380. The number of anilines is 1. The van der Waals surface area contributed by atoms with Crippen LogP contribution in [0.3, 0.4) is 0 Å². The molecule has 0 fully saturated rings. The zero-order valence-electron chi connectivity index (χ0n) is 18.7. The standard InChI is InChI=1S/C22H22F3N5O4S/c1-30-19(17(11-31)27-20(33)13-6-8-16(34-2)9-7-13)28-29-21(30)35-12-18(32)26-15-5-3-4-14(10-15)22(23,24)25/h3-10,17,31H,11-12H2,1-2H3,(H,26,32)(H,27,33)/t17-/m0/s1. The van der Waals surface area contributed by atoms with Crippen LogP contribution in [0.25, 0.3) is 0 Å². The number of aliphatic hydroxyl groups is 1. The van der Waals surface area contributed by atoms with Crippen molar-refractivity contribution in [2.45, 2.75) is 17.4 Å². The second-order valence-corrected chi connectivity index (χ2v) is 8.19. The number of benzene rings is 2. The van der Waals surface area contributed by atoms with E-state index in [1.165, 1.54) is 23.8 Å². The summed E-state index contributed by atoms with van der Waals surface area (Å²) in [7, 11) is 3.11. The van der Waals surface area contributed by atoms with Gasteiger partial charge in [-0.2, -0.15) is 13.2 Å². The van der Waals surface area contributed by atoms with Gasteiger partial charge in [-0.15, -0.1) is 10.2 Å². The van der Waals surface area contributed by atoms with Crippen molar-refractivity contribution < 1.29 is 32.6 Å². The fraction of sp³-hybridized carbons (Fsp3) is 0.273. The summed E-state index contributed by atoms with van der Waals surface area (Å²) < 4.78 is 45.1. The molecule has 35 heavy (non-hydrogen) atoms. The van der Waals surface area contributed by atoms with E-state index in [-0.39, 0.29) is 17.3 Å². The number of ether oxygens (including phenoxy) is 1. The second kappa shape index (κ2) is 11.2. The first-order valence-electron chi connectivity index (χ1n) is 10.2. The van der Waals surface area contributed by atoms with Gasteiger partial charge in [0.1, 0.15) is 11.8 Å². The molecule has 0 aliphatic carbocycles. The lowest BCUT2D eigenvalue weighted by Gasteiger charge is -2.16. The summed E-state index contributed by atoms with van der Waals surface area (Å²) in [5.74, 6) is -0.276. The minimum absolute atomic E-state index is 0.0191. The molecule has 0 radical (unpaired) electrons. The molecular weight excluding hydrogens is 487 g/mol. The highest BCUT2D eigenvalue weighted by Gasteiger charge is 2.30. The van der Waals surface area contributed by atoms with Crippen molar-refractivity contribution in [2.24, 2.45) is 7.05 Å². The molecular formula is C22H22F3N5O4S. The molecule has 3 N–H and O–H groups in total. The number of rotatable bonds is 9. The van der Waals surface area contributed by atoms with Crippen LogP contribution in [0.2, 0.25) is 0 Å². The lowest BCUT2D eigenvalue weighted by Crippen LogP contribution is -2.32. The highest BCUT2D eigenvalue weighted by atomic mass is 32.2. The summed E-state index contributed by atoms with van der Waals surface area (Å²) >= 11 is 0.999. The number of hydrogen-bond acceptors (Lipinski definition) is 7. The number of aliphatic hydroxyl groups excluding tert-OH is 1. The fourth-order valence-electron chi connectivity index (χ4n) is 3.03. The molecule has 3 rings (SSSR count). The molecule has 0 aliphatic rings. The van der Waals surface area contributed by atoms with Gasteiger partial charge in [-0.1, -0.05) is 17.8 Å². The van der Waals surface area contributed by atoms with Crippen LogP contribution >= 0.6 is 11.8 Å². The maximum absolute atomic E-state index is 12.8. The predicted octanol–water partition coefficient (Wildman–Crippen LogP) is 3.04. The number of nitrogens with one attached hydrogen (secondary N) is 2. The van der Waals surface area contributed by atoms with E-state index >= 15 is 0 Å². The molecule has 9 nitrogen and oxygen atoms in total. The molecule has 1 aromatic heterocycles. The first kappa shape index (κ1) is 26.0. The molecule has 1 heterocycles. The van der Waals surface area contributed by atoms with Crippen LogP contribution in [0.15, 0.2) is 53.7 Å². The first-order chi connectivity index (χ1) is 16.6. The molecule has 0 aliphatic heterocycles. The van der Waals surface area contributed by atoms with Gasteiger partial charge in [-0.25, -0.2) is 0 Å². The third-order valence-corrected chi connectivity index (χ3v) is 5.85. The lowest BCUT2D eigenvalue weighted by molar-refractivity contribution is -0.137. The molecule has 0 spiro atoms. The van der Waals surface area contributed by atoms with Crippen LogP contribution < -0.4 is 15.4 Å². The van der Waals surface area contributed by atoms with Gasteiger partial charge in [0.2, 0.25) is 5.91 Å². The van der Waals surface area contributed by atoms with E-state index < -0.39 is 36.2 Å². The first-order valence-corrected chi connectivity index (χ1v) is 11.2. The number of carbonyl (C=O) groups is 2. The minimum Gasteiger partial charge on any atom is -0.497 e. The normalized spacial score (nSPS) is 12.2. The number of halogens is 3. The molecule has 2 amide bonds. The molecule has 0 saturated carbocycles. The van der Waals surface area contributed by atoms with Crippen molar-refractivity contribution in [1.82, 2.24) is 20.1 Å². The number of hydrogen-bond donors (Lipinski definition) is 3. The van der Waals surface area contributed by atoms with Gasteiger partial charge in [0, 0.05) is 18.3 Å². The molecule has 0 saturated heterocycles. The zero-order valence-corrected chi connectivity index (χ0v) is 19.5. The Bertz CT molecular complexity index is 1180. The van der Waals surface area contributed by atoms with Gasteiger partial charge in [-0.05, 0) is 42.5 Å². The molecule has 13 heteroatoms. The van der Waals surface area contributed by atoms with Crippen LogP contribution in [-0.2, 0) is 18.0 Å². The predicted molar refractivity (Wildman–Crippen MR) is 122 cm³/mol. The molecule has 2 aromatic carbocycles. The minimum atomic E-state index is -4.52. The van der Waals surface area contributed by atoms with E-state index in [1.807, 2.05) is 0 Å². The Balaban J connectivity index is 1.61. The highest BCUT2D eigenvalue weighted by molar-refractivity contribution is 7.99. The Kier molecular flexibility index (Phi) is 8.35. The van der Waals surface area contributed by atoms with Gasteiger partial charge in [0.05, 0.1) is 25.0 Å². The lowest BCUT2D eigenvalue weighted by atomic mass is 10.2. The number of aromatic nitrogens is 3. The Morgan fingerprint density at radius 2 is 1.89 bits per heavy atom. The molecule has 186 valence electrons. The maximum Gasteiger partial charge on any atom is 0.416 e. The molecule has 0 bridgehead atoms. The molecule has 1 atom stereocenters. The van der Waals surface area contributed by atoms with Crippen molar-refractivity contribution in [2.75, 3.05) is 24.8 Å². The smallest absolute Gasteiger partial charge is 0.416 e. The Hall–Kier alpha value is -3.58. The van der Waals surface area contributed by atoms with Crippen LogP contribution in [0, 0.1) is 0 Å². The van der Waals surface area contributed by atoms with Gasteiger partial charge < -0.3 is 25.0 Å². The van der Waals surface area contributed by atoms with Crippen LogP contribution in [0.4, 0.5) is 18.9 Å². The van der Waals surface area contributed by atoms with Gasteiger partial charge in [0.15, 0.2) is 11.0 Å². The van der Waals surface area contributed by atoms with E-state index in [1.54, 1.807) is 31.3 Å². The summed E-state index contributed by atoms with van der Waals surface area (Å²) in [6.07, 6.45) is -4.52. The largest absolute Gasteiger partial charge is 0.497 e. The zero-order chi connectivity index (χ0) is 25.6. The van der Waals surface area contributed by atoms with E-state index in [2.05, 4.69) is 20.8 Å². The van der Waals surface area contributed by atoms with Crippen molar-refractivity contribution in [1.29, 1.82) is 0 Å². The molecule has 0 unspecified atom stereocenters. The van der Waals surface area contributed by atoms with Crippen molar-refractivity contribution >= 4 is 29.3 Å². The number of methoxy groups -OCH3 is 1. The monoisotopic (exact) mass is 509 g/mol. The summed E-state index contributed by atoms with van der Waals surface area (Å²) in [5, 5.41) is 23.2. The summed E-state index contributed by atoms with van der Waals surface area (Å²) in [6, 6.07) is 9.86. The summed E-state index contributed by atoms with van der Waals surface area (Å²) in [6.45, 7) is -0.450. The third kappa shape index (κ3) is 6.73. The van der Waals surface area contributed by atoms with E-state index in [0.717, 1.165) is 23.9 Å². The molecule has 3 aromatic rings. The second-order valence-electron chi connectivity index (χ2n) is 7.25. The Morgan fingerprint density at radius 3 is 2.51 bits per heavy atom. The number of nitrogens with zero attached hydrogens (tertiary/aromatic N) is 3. The number of thioether (sulfide) groups is 1. The number of carbonyl (C=O) groups excluding carboxylic acids is 2. The number of amides is 2. The summed E-state index contributed by atoms with van der Waals surface area (Å²) in [4.78, 5) is 24.8.